The van der Waals surface area contributed by atoms with Gasteiger partial charge in [0.1, 0.15) is 0 Å². The molecule has 0 fully saturated rings. The van der Waals surface area contributed by atoms with E-state index in [-0.39, 0.29) is 15.1 Å². The van der Waals surface area contributed by atoms with Crippen LogP contribution in [0.25, 0.3) is 11.1 Å². The Morgan fingerprint density at radius 3 is 2.00 bits per heavy atom. The van der Waals surface area contributed by atoms with Gasteiger partial charge in [-0.2, -0.15) is 0 Å². The Hall–Kier alpha value is -0.440. The molecular formula is C13H5Cl5O. The number of benzene rings is 2. The SMILES string of the molecule is O=C(Cl)c1ccc(Cl)cc1-c1cc(Cl)c(Cl)c(Cl)c1. The van der Waals surface area contributed by atoms with Crippen molar-refractivity contribution in [3.05, 3.63) is 56.0 Å². The van der Waals surface area contributed by atoms with Gasteiger partial charge in [-0.25, -0.2) is 0 Å². The topological polar surface area (TPSA) is 17.1 Å². The van der Waals surface area contributed by atoms with E-state index in [1.165, 1.54) is 0 Å². The minimum Gasteiger partial charge on any atom is -0.276 e. The van der Waals surface area contributed by atoms with Crippen LogP contribution >= 0.6 is 58.0 Å². The van der Waals surface area contributed by atoms with Crippen molar-refractivity contribution >= 4 is 63.2 Å². The van der Waals surface area contributed by atoms with Gasteiger partial charge in [-0.1, -0.05) is 46.4 Å². The number of hydrogen-bond acceptors (Lipinski definition) is 1. The van der Waals surface area contributed by atoms with Crippen LogP contribution < -0.4 is 0 Å². The van der Waals surface area contributed by atoms with E-state index in [2.05, 4.69) is 0 Å². The molecule has 0 atom stereocenters. The third kappa shape index (κ3) is 3.18. The Morgan fingerprint density at radius 2 is 1.47 bits per heavy atom. The highest BCUT2D eigenvalue weighted by Gasteiger charge is 2.14. The van der Waals surface area contributed by atoms with Crippen LogP contribution in [0.4, 0.5) is 0 Å². The lowest BCUT2D eigenvalue weighted by Crippen LogP contribution is -1.94. The van der Waals surface area contributed by atoms with Crippen LogP contribution in [0.3, 0.4) is 0 Å². The number of carbonyl (C=O) groups is 1. The zero-order valence-corrected chi connectivity index (χ0v) is 13.0. The number of carbonyl (C=O) groups excluding carboxylic acids is 1. The fraction of sp³-hybridized carbons (Fsp3) is 0. The average molecular weight is 354 g/mol. The standard InChI is InChI=1S/C13H5Cl5O/c14-7-1-2-8(13(18)19)9(5-7)6-3-10(15)12(17)11(16)4-6/h1-5H. The first-order valence-corrected chi connectivity index (χ1v) is 6.93. The predicted molar refractivity (Wildman–Crippen MR) is 82.1 cm³/mol. The summed E-state index contributed by atoms with van der Waals surface area (Å²) in [6, 6.07) is 7.95. The van der Waals surface area contributed by atoms with Crippen molar-refractivity contribution in [1.82, 2.24) is 0 Å². The van der Waals surface area contributed by atoms with Crippen molar-refractivity contribution in [2.24, 2.45) is 0 Å². The highest BCUT2D eigenvalue weighted by molar-refractivity contribution is 6.68. The molecule has 0 saturated carbocycles. The Kier molecular flexibility index (Phi) is 4.65. The molecule has 0 saturated heterocycles. The third-order valence-corrected chi connectivity index (χ3v) is 4.12. The number of hydrogen-bond donors (Lipinski definition) is 0. The molecule has 2 rings (SSSR count). The van der Waals surface area contributed by atoms with Crippen molar-refractivity contribution in [3.63, 3.8) is 0 Å². The van der Waals surface area contributed by atoms with Gasteiger partial charge in [0.2, 0.25) is 0 Å². The first kappa shape index (κ1) is 15.0. The maximum Gasteiger partial charge on any atom is 0.253 e. The van der Waals surface area contributed by atoms with Crippen molar-refractivity contribution in [1.29, 1.82) is 0 Å². The molecule has 19 heavy (non-hydrogen) atoms. The molecule has 0 aliphatic carbocycles. The van der Waals surface area contributed by atoms with E-state index in [9.17, 15) is 4.79 Å². The summed E-state index contributed by atoms with van der Waals surface area (Å²) < 4.78 is 0. The summed E-state index contributed by atoms with van der Waals surface area (Å²) in [4.78, 5) is 11.4. The molecule has 2 aromatic carbocycles. The molecule has 0 radical (unpaired) electrons. The van der Waals surface area contributed by atoms with Crippen LogP contribution in [0, 0.1) is 0 Å². The molecule has 0 unspecified atom stereocenters. The monoisotopic (exact) mass is 352 g/mol. The van der Waals surface area contributed by atoms with Gasteiger partial charge in [-0.15, -0.1) is 0 Å². The molecule has 0 N–H and O–H groups in total. The van der Waals surface area contributed by atoms with Gasteiger partial charge >= 0.3 is 0 Å². The molecule has 0 bridgehead atoms. The zero-order valence-electron chi connectivity index (χ0n) is 9.18. The fourth-order valence-electron chi connectivity index (χ4n) is 1.64. The van der Waals surface area contributed by atoms with Crippen LogP contribution in [0.5, 0.6) is 0 Å². The quantitative estimate of drug-likeness (QED) is 0.454. The van der Waals surface area contributed by atoms with E-state index in [1.807, 2.05) is 0 Å². The Morgan fingerprint density at radius 1 is 0.895 bits per heavy atom. The summed E-state index contributed by atoms with van der Waals surface area (Å²) in [7, 11) is 0. The summed E-state index contributed by atoms with van der Waals surface area (Å²) in [5.41, 5.74) is 1.49. The van der Waals surface area contributed by atoms with Crippen LogP contribution in [0.2, 0.25) is 20.1 Å². The summed E-state index contributed by atoms with van der Waals surface area (Å²) >= 11 is 29.3. The van der Waals surface area contributed by atoms with E-state index in [4.69, 9.17) is 58.0 Å². The molecule has 0 spiro atoms. The first-order valence-electron chi connectivity index (χ1n) is 5.04. The molecular weight excluding hydrogens is 349 g/mol. The van der Waals surface area contributed by atoms with Gasteiger partial charge in [0, 0.05) is 10.6 Å². The second-order valence-electron chi connectivity index (χ2n) is 3.72. The van der Waals surface area contributed by atoms with Gasteiger partial charge in [-0.05, 0) is 53.1 Å². The van der Waals surface area contributed by atoms with Gasteiger partial charge in [0.05, 0.1) is 15.1 Å². The molecule has 0 heterocycles. The second-order valence-corrected chi connectivity index (χ2v) is 5.69. The minimum atomic E-state index is -0.589. The van der Waals surface area contributed by atoms with E-state index in [0.29, 0.717) is 21.7 Å². The fourth-order valence-corrected chi connectivity index (χ4v) is 2.57. The van der Waals surface area contributed by atoms with Gasteiger partial charge < -0.3 is 0 Å². The van der Waals surface area contributed by atoms with Gasteiger partial charge in [0.15, 0.2) is 0 Å². The van der Waals surface area contributed by atoms with Crippen molar-refractivity contribution in [3.8, 4) is 11.1 Å². The van der Waals surface area contributed by atoms with Crippen LogP contribution in [0.1, 0.15) is 10.4 Å². The van der Waals surface area contributed by atoms with Crippen molar-refractivity contribution in [2.45, 2.75) is 0 Å². The Balaban J connectivity index is 2.71. The molecule has 2 aromatic rings. The van der Waals surface area contributed by atoms with Crippen molar-refractivity contribution < 1.29 is 4.79 Å². The first-order chi connectivity index (χ1) is 8.90. The van der Waals surface area contributed by atoms with Crippen LogP contribution in [0.15, 0.2) is 30.3 Å². The molecule has 0 aliphatic heterocycles. The normalized spacial score (nSPS) is 10.6. The molecule has 98 valence electrons. The lowest BCUT2D eigenvalue weighted by atomic mass is 10.0. The molecule has 0 amide bonds. The summed E-state index contributed by atoms with van der Waals surface area (Å²) in [5.74, 6) is 0. The van der Waals surface area contributed by atoms with Gasteiger partial charge in [0.25, 0.3) is 5.24 Å². The molecule has 6 heteroatoms. The molecule has 1 nitrogen and oxygen atoms in total. The molecule has 0 aliphatic rings. The van der Waals surface area contributed by atoms with E-state index in [0.717, 1.165) is 0 Å². The van der Waals surface area contributed by atoms with Crippen molar-refractivity contribution in [2.75, 3.05) is 0 Å². The third-order valence-electron chi connectivity index (χ3n) is 2.49. The van der Waals surface area contributed by atoms with Gasteiger partial charge in [-0.3, -0.25) is 4.79 Å². The summed E-state index contributed by atoms with van der Waals surface area (Å²) in [5, 5.41) is 0.717. The lowest BCUT2D eigenvalue weighted by Gasteiger charge is -2.09. The van der Waals surface area contributed by atoms with E-state index in [1.54, 1.807) is 30.3 Å². The van der Waals surface area contributed by atoms with E-state index >= 15 is 0 Å². The van der Waals surface area contributed by atoms with Crippen LogP contribution in [-0.4, -0.2) is 5.24 Å². The largest absolute Gasteiger partial charge is 0.276 e. The Labute approximate surface area is 135 Å². The smallest absolute Gasteiger partial charge is 0.253 e. The lowest BCUT2D eigenvalue weighted by molar-refractivity contribution is 0.108. The maximum atomic E-state index is 11.4. The molecule has 0 aromatic heterocycles. The highest BCUT2D eigenvalue weighted by atomic mass is 35.5. The average Bonchev–Trinajstić information content (AvgIpc) is 2.34. The Bertz CT molecular complexity index is 643. The summed E-state index contributed by atoms with van der Waals surface area (Å²) in [6.45, 7) is 0. The van der Waals surface area contributed by atoms with E-state index < -0.39 is 5.24 Å². The maximum absolute atomic E-state index is 11.4. The summed E-state index contributed by atoms with van der Waals surface area (Å²) in [6.07, 6.45) is 0. The number of halogens is 5. The predicted octanol–water partition coefficient (Wildman–Crippen LogP) is 6.35. The highest BCUT2D eigenvalue weighted by Crippen LogP contribution is 2.37. The zero-order chi connectivity index (χ0) is 14.2. The number of rotatable bonds is 2. The minimum absolute atomic E-state index is 0.257. The van der Waals surface area contributed by atoms with Crippen LogP contribution in [-0.2, 0) is 0 Å². The second kappa shape index (κ2) is 5.90.